The number of quaternary nitrogens is 1. The molecule has 0 spiro atoms. The first kappa shape index (κ1) is 55.3. The molecule has 0 radical (unpaired) electrons. The van der Waals surface area contributed by atoms with Crippen molar-refractivity contribution in [2.24, 2.45) is 5.92 Å². The summed E-state index contributed by atoms with van der Waals surface area (Å²) in [6.07, 6.45) is 31.3. The summed E-state index contributed by atoms with van der Waals surface area (Å²) < 4.78 is 39.4. The Hall–Kier alpha value is -2.71. The minimum atomic E-state index is -4.71. The zero-order chi connectivity index (χ0) is 44.5. The van der Waals surface area contributed by atoms with Crippen molar-refractivity contribution >= 4 is 19.8 Å². The SMILES string of the molecule is CC/C=C\C/C=C\C/C=C\C/C=C\CCCCC(=O)O[C@H](COC(=O)CCC/C=C\C[C@H]1[C@@H](O)CC(O)O[C@@H]1/C=C/[C@@H](O)CCCCC)COP(=O)([O-])OCC[N+](C)(C)C. The van der Waals surface area contributed by atoms with Crippen molar-refractivity contribution in [2.75, 3.05) is 47.5 Å². The molecular weight excluding hydrogens is 789 g/mol. The van der Waals surface area contributed by atoms with Gasteiger partial charge in [0.05, 0.1) is 46.1 Å². The van der Waals surface area contributed by atoms with E-state index < -0.39 is 57.1 Å². The molecule has 3 N–H and O–H groups in total. The molecule has 0 saturated carbocycles. The summed E-state index contributed by atoms with van der Waals surface area (Å²) in [5.41, 5.74) is 0. The number of likely N-dealkylation sites (N-methyl/N-ethyl adjacent to an activating group) is 1. The highest BCUT2D eigenvalue weighted by Crippen LogP contribution is 2.38. The van der Waals surface area contributed by atoms with Gasteiger partial charge in [-0.3, -0.25) is 14.2 Å². The van der Waals surface area contributed by atoms with Gasteiger partial charge in [0, 0.05) is 25.2 Å². The highest BCUT2D eigenvalue weighted by Gasteiger charge is 2.35. The van der Waals surface area contributed by atoms with Gasteiger partial charge in [-0.15, -0.1) is 0 Å². The summed E-state index contributed by atoms with van der Waals surface area (Å²) in [7, 11) is 0.974. The summed E-state index contributed by atoms with van der Waals surface area (Å²) >= 11 is 0. The van der Waals surface area contributed by atoms with Crippen LogP contribution in [0.25, 0.3) is 0 Å². The van der Waals surface area contributed by atoms with Crippen LogP contribution in [0.4, 0.5) is 0 Å². The van der Waals surface area contributed by atoms with Crippen molar-refractivity contribution in [1.29, 1.82) is 0 Å². The van der Waals surface area contributed by atoms with Crippen LogP contribution in [0, 0.1) is 5.92 Å². The molecule has 0 aromatic carbocycles. The van der Waals surface area contributed by atoms with Gasteiger partial charge >= 0.3 is 11.9 Å². The third-order valence-corrected chi connectivity index (χ3v) is 10.5. The number of aliphatic hydroxyl groups excluding tert-OH is 3. The van der Waals surface area contributed by atoms with Crippen molar-refractivity contribution in [2.45, 2.75) is 154 Å². The monoisotopic (exact) mass is 868 g/mol. The van der Waals surface area contributed by atoms with Gasteiger partial charge in [-0.05, 0) is 70.6 Å². The van der Waals surface area contributed by atoms with E-state index in [0.29, 0.717) is 43.1 Å². The maximum absolute atomic E-state index is 12.7. The molecule has 344 valence electrons. The average molecular weight is 868 g/mol. The van der Waals surface area contributed by atoms with Gasteiger partial charge in [0.2, 0.25) is 0 Å². The smallest absolute Gasteiger partial charge is 0.306 e. The van der Waals surface area contributed by atoms with Crippen LogP contribution in [0.1, 0.15) is 123 Å². The first-order chi connectivity index (χ1) is 28.7. The van der Waals surface area contributed by atoms with Gasteiger partial charge in [0.25, 0.3) is 7.82 Å². The van der Waals surface area contributed by atoms with Crippen LogP contribution >= 0.6 is 7.82 Å². The van der Waals surface area contributed by atoms with E-state index in [1.54, 1.807) is 12.2 Å². The van der Waals surface area contributed by atoms with Crippen LogP contribution < -0.4 is 4.89 Å². The fraction of sp³-hybridized carbons (Fsp3) is 0.696. The molecule has 14 heteroatoms. The molecule has 1 rings (SSSR count). The zero-order valence-electron chi connectivity index (χ0n) is 37.2. The number of phosphoric ester groups is 1. The molecule has 0 amide bonds. The van der Waals surface area contributed by atoms with Crippen molar-refractivity contribution in [1.82, 2.24) is 0 Å². The first-order valence-corrected chi connectivity index (χ1v) is 23.5. The second-order valence-electron chi connectivity index (χ2n) is 16.2. The number of hydrogen-bond donors (Lipinski definition) is 3. The van der Waals surface area contributed by atoms with Gasteiger partial charge in [-0.1, -0.05) is 106 Å². The highest BCUT2D eigenvalue weighted by molar-refractivity contribution is 7.45. The molecule has 1 fully saturated rings. The Morgan fingerprint density at radius 2 is 1.45 bits per heavy atom. The van der Waals surface area contributed by atoms with E-state index >= 15 is 0 Å². The molecule has 1 aliphatic heterocycles. The molecule has 0 aromatic rings. The lowest BCUT2D eigenvalue weighted by Gasteiger charge is -2.36. The second-order valence-corrected chi connectivity index (χ2v) is 17.6. The fourth-order valence-electron chi connectivity index (χ4n) is 5.98. The standard InChI is InChI=1S/C46H78NO12P/c1-6-8-10-11-12-13-14-15-16-17-18-19-20-21-27-31-45(51)58-40(38-57-60(53,54)56-35-34-47(3,4)5)37-55-44(50)30-26-23-22-25-29-41-42(49)36-46(52)59-43(41)33-32-39(48)28-24-9-7-2/h8,10,12-13,15-16,18-19,22,25,32-33,39-43,46,48-49,52H,6-7,9,11,14,17,20-21,23-24,26-31,34-38H2,1-5H3/b10-8-,13-12-,16-15-,19-18-,25-22-,33-32+/t39-,40+,41-,42-,43+,46?/m0/s1. The first-order valence-electron chi connectivity index (χ1n) is 22.0. The molecular formula is C46H78NO12P. The van der Waals surface area contributed by atoms with E-state index in [2.05, 4.69) is 62.5 Å². The van der Waals surface area contributed by atoms with E-state index in [9.17, 15) is 34.4 Å². The average Bonchev–Trinajstić information content (AvgIpc) is 3.18. The number of unbranched alkanes of at least 4 members (excludes halogenated alkanes) is 5. The zero-order valence-corrected chi connectivity index (χ0v) is 38.0. The Balaban J connectivity index is 2.58. The topological polar surface area (TPSA) is 181 Å². The predicted octanol–water partition coefficient (Wildman–Crippen LogP) is 7.71. The number of hydrogen-bond acceptors (Lipinski definition) is 12. The number of rotatable bonds is 34. The van der Waals surface area contributed by atoms with Crippen molar-refractivity contribution in [3.05, 3.63) is 72.9 Å². The number of carbonyl (C=O) groups excluding carboxylic acids is 2. The molecule has 13 nitrogen and oxygen atoms in total. The summed E-state index contributed by atoms with van der Waals surface area (Å²) in [6.45, 7) is 3.61. The Labute approximate surface area is 361 Å². The van der Waals surface area contributed by atoms with Crippen LogP contribution in [-0.2, 0) is 37.4 Å². The molecule has 2 unspecified atom stereocenters. The lowest BCUT2D eigenvalue weighted by molar-refractivity contribution is -0.870. The normalized spacial score (nSPS) is 21.2. The molecule has 0 aromatic heterocycles. The third kappa shape index (κ3) is 31.2. The van der Waals surface area contributed by atoms with E-state index in [-0.39, 0.29) is 38.4 Å². The van der Waals surface area contributed by atoms with Crippen molar-refractivity contribution < 1.29 is 62.1 Å². The lowest BCUT2D eigenvalue weighted by atomic mass is 9.87. The minimum Gasteiger partial charge on any atom is -0.756 e. The lowest BCUT2D eigenvalue weighted by Crippen LogP contribution is -2.43. The van der Waals surface area contributed by atoms with Gasteiger partial charge in [0.15, 0.2) is 12.4 Å². The number of carbonyl (C=O) groups is 2. The molecule has 7 atom stereocenters. The maximum Gasteiger partial charge on any atom is 0.306 e. The Bertz CT molecular complexity index is 1370. The molecule has 0 aliphatic carbocycles. The van der Waals surface area contributed by atoms with Gasteiger partial charge in [-0.2, -0.15) is 0 Å². The van der Waals surface area contributed by atoms with E-state index in [1.165, 1.54) is 0 Å². The van der Waals surface area contributed by atoms with Crippen molar-refractivity contribution in [3.8, 4) is 0 Å². The van der Waals surface area contributed by atoms with Gasteiger partial charge < -0.3 is 48.0 Å². The number of esters is 2. The Morgan fingerprint density at radius 3 is 2.12 bits per heavy atom. The number of phosphoric acid groups is 1. The fourth-order valence-corrected chi connectivity index (χ4v) is 6.71. The number of allylic oxidation sites excluding steroid dienone is 10. The molecule has 0 bridgehead atoms. The third-order valence-electron chi connectivity index (χ3n) is 9.51. The number of nitrogens with zero attached hydrogens (tertiary/aromatic N) is 1. The summed E-state index contributed by atoms with van der Waals surface area (Å²) in [5, 5.41) is 31.0. The number of ether oxygens (including phenoxy) is 3. The largest absolute Gasteiger partial charge is 0.756 e. The van der Waals surface area contributed by atoms with Gasteiger partial charge in [-0.25, -0.2) is 0 Å². The highest BCUT2D eigenvalue weighted by atomic mass is 31.2. The minimum absolute atomic E-state index is 0.0695. The Kier molecular flexibility index (Phi) is 31.2. The summed E-state index contributed by atoms with van der Waals surface area (Å²) in [5.74, 6) is -1.40. The van der Waals surface area contributed by atoms with E-state index in [0.717, 1.165) is 57.8 Å². The second kappa shape index (κ2) is 33.9. The molecule has 60 heavy (non-hydrogen) atoms. The van der Waals surface area contributed by atoms with E-state index in [4.69, 9.17) is 23.3 Å². The molecule has 1 saturated heterocycles. The molecule has 1 aliphatic rings. The van der Waals surface area contributed by atoms with Crippen LogP contribution in [-0.4, -0.2) is 110 Å². The van der Waals surface area contributed by atoms with Crippen LogP contribution in [0.3, 0.4) is 0 Å². The Morgan fingerprint density at radius 1 is 0.817 bits per heavy atom. The van der Waals surface area contributed by atoms with Gasteiger partial charge in [0.1, 0.15) is 19.8 Å². The van der Waals surface area contributed by atoms with Crippen LogP contribution in [0.5, 0.6) is 0 Å². The summed E-state index contributed by atoms with van der Waals surface area (Å²) in [4.78, 5) is 37.7. The number of aliphatic hydroxyl groups is 3. The molecule has 1 heterocycles. The van der Waals surface area contributed by atoms with Crippen LogP contribution in [0.2, 0.25) is 0 Å². The maximum atomic E-state index is 12.7. The predicted molar refractivity (Wildman–Crippen MR) is 234 cm³/mol. The van der Waals surface area contributed by atoms with E-state index in [1.807, 2.05) is 33.3 Å². The van der Waals surface area contributed by atoms with Crippen LogP contribution in [0.15, 0.2) is 72.9 Å². The summed E-state index contributed by atoms with van der Waals surface area (Å²) in [6, 6.07) is 0. The quantitative estimate of drug-likeness (QED) is 0.0189. The van der Waals surface area contributed by atoms with Crippen molar-refractivity contribution in [3.63, 3.8) is 0 Å².